The first kappa shape index (κ1) is 17.5. The van der Waals surface area contributed by atoms with Crippen molar-refractivity contribution in [2.24, 2.45) is 0 Å². The number of rotatable bonds is 8. The number of carbonyl (C=O) groups is 1. The SMILES string of the molecule is CCOc1ccccc1C(C)(NCCN(C)C)C(=O)OC. The molecule has 0 bridgehead atoms. The summed E-state index contributed by atoms with van der Waals surface area (Å²) < 4.78 is 10.6. The highest BCUT2D eigenvalue weighted by Crippen LogP contribution is 2.31. The van der Waals surface area contributed by atoms with Crippen molar-refractivity contribution in [3.63, 3.8) is 0 Å². The van der Waals surface area contributed by atoms with Gasteiger partial charge in [0, 0.05) is 18.7 Å². The maximum Gasteiger partial charge on any atom is 0.330 e. The first-order valence-corrected chi connectivity index (χ1v) is 7.16. The molecular weight excluding hydrogens is 268 g/mol. The summed E-state index contributed by atoms with van der Waals surface area (Å²) in [5, 5.41) is 3.30. The fraction of sp³-hybridized carbons (Fsp3) is 0.562. The molecule has 0 aromatic heterocycles. The molecule has 0 heterocycles. The second-order valence-corrected chi connectivity index (χ2v) is 5.28. The number of likely N-dealkylation sites (N-methyl/N-ethyl adjacent to an activating group) is 1. The van der Waals surface area contributed by atoms with Crippen LogP contribution in [0.25, 0.3) is 0 Å². The monoisotopic (exact) mass is 294 g/mol. The van der Waals surface area contributed by atoms with Crippen LogP contribution in [0.2, 0.25) is 0 Å². The number of nitrogens with zero attached hydrogens (tertiary/aromatic N) is 1. The smallest absolute Gasteiger partial charge is 0.330 e. The van der Waals surface area contributed by atoms with Gasteiger partial charge in [-0.2, -0.15) is 0 Å². The van der Waals surface area contributed by atoms with E-state index < -0.39 is 5.54 Å². The Morgan fingerprint density at radius 2 is 2.00 bits per heavy atom. The molecule has 1 N–H and O–H groups in total. The number of methoxy groups -OCH3 is 1. The molecule has 21 heavy (non-hydrogen) atoms. The summed E-state index contributed by atoms with van der Waals surface area (Å²) in [4.78, 5) is 14.4. The molecule has 5 nitrogen and oxygen atoms in total. The van der Waals surface area contributed by atoms with Gasteiger partial charge in [-0.05, 0) is 34.0 Å². The van der Waals surface area contributed by atoms with Crippen LogP contribution in [0.1, 0.15) is 19.4 Å². The van der Waals surface area contributed by atoms with Crippen molar-refractivity contribution in [1.82, 2.24) is 10.2 Å². The molecule has 1 aromatic carbocycles. The molecule has 0 amide bonds. The minimum absolute atomic E-state index is 0.326. The van der Waals surface area contributed by atoms with Crippen LogP contribution < -0.4 is 10.1 Å². The van der Waals surface area contributed by atoms with Crippen LogP contribution in [-0.4, -0.2) is 51.8 Å². The van der Waals surface area contributed by atoms with Crippen molar-refractivity contribution < 1.29 is 14.3 Å². The maximum atomic E-state index is 12.3. The van der Waals surface area contributed by atoms with E-state index in [-0.39, 0.29) is 5.97 Å². The lowest BCUT2D eigenvalue weighted by atomic mass is 9.91. The highest BCUT2D eigenvalue weighted by molar-refractivity contribution is 5.83. The minimum atomic E-state index is -0.934. The predicted octanol–water partition coefficient (Wildman–Crippen LogP) is 1.62. The first-order valence-electron chi connectivity index (χ1n) is 7.16. The highest BCUT2D eigenvalue weighted by atomic mass is 16.5. The van der Waals surface area contributed by atoms with Crippen molar-refractivity contribution in [3.05, 3.63) is 29.8 Å². The van der Waals surface area contributed by atoms with Gasteiger partial charge in [0.15, 0.2) is 0 Å². The largest absolute Gasteiger partial charge is 0.494 e. The fourth-order valence-corrected chi connectivity index (χ4v) is 2.17. The Balaban J connectivity index is 3.09. The van der Waals surface area contributed by atoms with Gasteiger partial charge in [0.05, 0.1) is 13.7 Å². The van der Waals surface area contributed by atoms with E-state index in [9.17, 15) is 4.79 Å². The standard InChI is InChI=1S/C16H26N2O3/c1-6-21-14-10-8-7-9-13(14)16(2,15(19)20-5)17-11-12-18(3)4/h7-10,17H,6,11-12H2,1-5H3. The van der Waals surface area contributed by atoms with Gasteiger partial charge >= 0.3 is 5.97 Å². The van der Waals surface area contributed by atoms with Gasteiger partial charge in [0.2, 0.25) is 0 Å². The molecule has 1 rings (SSSR count). The molecule has 0 radical (unpaired) electrons. The van der Waals surface area contributed by atoms with Crippen LogP contribution in [0.3, 0.4) is 0 Å². The molecule has 118 valence electrons. The molecule has 1 unspecified atom stereocenters. The van der Waals surface area contributed by atoms with Crippen molar-refractivity contribution in [2.75, 3.05) is 40.9 Å². The van der Waals surface area contributed by atoms with Crippen LogP contribution in [-0.2, 0) is 15.1 Å². The van der Waals surface area contributed by atoms with Gasteiger partial charge in [-0.1, -0.05) is 18.2 Å². The highest BCUT2D eigenvalue weighted by Gasteiger charge is 2.38. The van der Waals surface area contributed by atoms with E-state index in [1.807, 2.05) is 52.2 Å². The molecule has 0 aliphatic rings. The van der Waals surface area contributed by atoms with Crippen molar-refractivity contribution in [2.45, 2.75) is 19.4 Å². The molecule has 0 saturated carbocycles. The van der Waals surface area contributed by atoms with E-state index in [4.69, 9.17) is 9.47 Å². The van der Waals surface area contributed by atoms with Gasteiger partial charge < -0.3 is 14.4 Å². The van der Waals surface area contributed by atoms with E-state index in [1.54, 1.807) is 0 Å². The van der Waals surface area contributed by atoms with Gasteiger partial charge in [0.25, 0.3) is 0 Å². The lowest BCUT2D eigenvalue weighted by molar-refractivity contribution is -0.148. The molecule has 1 atom stereocenters. The van der Waals surface area contributed by atoms with Gasteiger partial charge in [0.1, 0.15) is 11.3 Å². The maximum absolute atomic E-state index is 12.3. The first-order chi connectivity index (χ1) is 9.95. The number of hydrogen-bond donors (Lipinski definition) is 1. The molecule has 0 saturated heterocycles. The van der Waals surface area contributed by atoms with Gasteiger partial charge in [-0.25, -0.2) is 4.79 Å². The van der Waals surface area contributed by atoms with E-state index in [1.165, 1.54) is 7.11 Å². The lowest BCUT2D eigenvalue weighted by Gasteiger charge is -2.30. The third-order valence-corrected chi connectivity index (χ3v) is 3.36. The third kappa shape index (κ3) is 4.44. The number of carbonyl (C=O) groups excluding carboxylic acids is 1. The number of esters is 1. The Bertz CT molecular complexity index is 463. The molecule has 0 spiro atoms. The van der Waals surface area contributed by atoms with Crippen LogP contribution >= 0.6 is 0 Å². The molecule has 0 fully saturated rings. The molecular formula is C16H26N2O3. The number of hydrogen-bond acceptors (Lipinski definition) is 5. The van der Waals surface area contributed by atoms with E-state index >= 15 is 0 Å². The van der Waals surface area contributed by atoms with Crippen LogP contribution in [0, 0.1) is 0 Å². The number of benzene rings is 1. The zero-order valence-corrected chi connectivity index (χ0v) is 13.6. The number of ether oxygens (including phenoxy) is 2. The summed E-state index contributed by atoms with van der Waals surface area (Å²) in [5.74, 6) is 0.374. The Morgan fingerprint density at radius 1 is 1.33 bits per heavy atom. The van der Waals surface area contributed by atoms with Crippen LogP contribution in [0.5, 0.6) is 5.75 Å². The summed E-state index contributed by atoms with van der Waals surface area (Å²) in [6, 6.07) is 7.55. The Labute approximate surface area is 127 Å². The molecule has 1 aromatic rings. The minimum Gasteiger partial charge on any atom is -0.494 e. The fourth-order valence-electron chi connectivity index (χ4n) is 2.17. The van der Waals surface area contributed by atoms with Crippen LogP contribution in [0.15, 0.2) is 24.3 Å². The summed E-state index contributed by atoms with van der Waals surface area (Å²) >= 11 is 0. The van der Waals surface area contributed by atoms with Gasteiger partial charge in [-0.3, -0.25) is 5.32 Å². The summed E-state index contributed by atoms with van der Waals surface area (Å²) in [6.45, 7) is 5.78. The van der Waals surface area contributed by atoms with Crippen molar-refractivity contribution in [3.8, 4) is 5.75 Å². The number of para-hydroxylation sites is 1. The Morgan fingerprint density at radius 3 is 2.57 bits per heavy atom. The summed E-state index contributed by atoms with van der Waals surface area (Å²) in [5.41, 5.74) is -0.145. The second-order valence-electron chi connectivity index (χ2n) is 5.28. The quantitative estimate of drug-likeness (QED) is 0.739. The molecule has 5 heteroatoms. The normalized spacial score (nSPS) is 13.8. The lowest BCUT2D eigenvalue weighted by Crippen LogP contribution is -2.49. The average Bonchev–Trinajstić information content (AvgIpc) is 2.46. The topological polar surface area (TPSA) is 50.8 Å². The van der Waals surface area contributed by atoms with Gasteiger partial charge in [-0.15, -0.1) is 0 Å². The number of nitrogens with one attached hydrogen (secondary N) is 1. The Kier molecular flexibility index (Phi) is 6.65. The van der Waals surface area contributed by atoms with E-state index in [2.05, 4.69) is 10.2 Å². The second kappa shape index (κ2) is 8.00. The zero-order chi connectivity index (χ0) is 15.9. The van der Waals surface area contributed by atoms with E-state index in [0.717, 1.165) is 12.1 Å². The van der Waals surface area contributed by atoms with Crippen molar-refractivity contribution in [1.29, 1.82) is 0 Å². The molecule has 0 aliphatic heterocycles. The zero-order valence-electron chi connectivity index (χ0n) is 13.6. The van der Waals surface area contributed by atoms with Crippen molar-refractivity contribution >= 4 is 5.97 Å². The average molecular weight is 294 g/mol. The molecule has 0 aliphatic carbocycles. The predicted molar refractivity (Wildman–Crippen MR) is 83.5 cm³/mol. The summed E-state index contributed by atoms with van der Waals surface area (Å²) in [7, 11) is 5.38. The van der Waals surface area contributed by atoms with E-state index in [0.29, 0.717) is 18.9 Å². The summed E-state index contributed by atoms with van der Waals surface area (Å²) in [6.07, 6.45) is 0. The van der Waals surface area contributed by atoms with Crippen LogP contribution in [0.4, 0.5) is 0 Å². The third-order valence-electron chi connectivity index (χ3n) is 3.36. The Hall–Kier alpha value is -1.59.